The first-order valence-electron chi connectivity index (χ1n) is 12.2. The van der Waals surface area contributed by atoms with E-state index in [9.17, 15) is 14.0 Å². The Hall–Kier alpha value is -4.60. The second-order valence-electron chi connectivity index (χ2n) is 9.74. The first kappa shape index (κ1) is 25.1. The number of nitrogens with one attached hydrogen (secondary N) is 2. The molecule has 0 bridgehead atoms. The van der Waals surface area contributed by atoms with Crippen molar-refractivity contribution in [1.82, 2.24) is 25.1 Å². The maximum atomic E-state index is 14.3. The van der Waals surface area contributed by atoms with Gasteiger partial charge in [0.05, 0.1) is 29.5 Å². The molecule has 1 aliphatic carbocycles. The van der Waals surface area contributed by atoms with Crippen LogP contribution in [0.5, 0.6) is 0 Å². The fourth-order valence-corrected chi connectivity index (χ4v) is 3.87. The van der Waals surface area contributed by atoms with Crippen molar-refractivity contribution < 1.29 is 14.0 Å². The van der Waals surface area contributed by atoms with Gasteiger partial charge in [0, 0.05) is 40.7 Å². The molecule has 0 unspecified atom stereocenters. The molecule has 4 heterocycles. The highest BCUT2D eigenvalue weighted by molar-refractivity contribution is 6.04. The highest BCUT2D eigenvalue weighted by Crippen LogP contribution is 2.31. The lowest BCUT2D eigenvalue weighted by Gasteiger charge is -2.14. The zero-order valence-electron chi connectivity index (χ0n) is 21.2. The van der Waals surface area contributed by atoms with Crippen LogP contribution in [-0.2, 0) is 10.5 Å². The largest absolute Gasteiger partial charge is 0.321 e. The number of aryl methyl sites for hydroxylation is 1. The zero-order valence-corrected chi connectivity index (χ0v) is 21.2. The number of aromatic nitrogens is 5. The molecule has 1 saturated carbocycles. The number of carbonyl (C=O) groups is 2. The zero-order chi connectivity index (χ0) is 26.9. The van der Waals surface area contributed by atoms with E-state index in [0.717, 1.165) is 24.0 Å². The predicted molar refractivity (Wildman–Crippen MR) is 141 cm³/mol. The average molecular weight is 512 g/mol. The average Bonchev–Trinajstić information content (AvgIpc) is 3.75. The summed E-state index contributed by atoms with van der Waals surface area (Å²) in [5.41, 5.74) is 2.80. The van der Waals surface area contributed by atoms with Crippen LogP contribution >= 0.6 is 0 Å². The van der Waals surface area contributed by atoms with Gasteiger partial charge in [0.2, 0.25) is 5.91 Å². The second kappa shape index (κ2) is 10.0. The van der Waals surface area contributed by atoms with Gasteiger partial charge in [0.15, 0.2) is 0 Å². The molecule has 0 aliphatic heterocycles. The van der Waals surface area contributed by atoms with E-state index in [1.54, 1.807) is 30.7 Å². The number of nitrogens with zero attached hydrogens (tertiary/aromatic N) is 5. The number of rotatable bonds is 7. The number of hydrogen-bond donors (Lipinski definition) is 2. The Balaban J connectivity index is 1.38. The van der Waals surface area contributed by atoms with Gasteiger partial charge in [0.1, 0.15) is 11.5 Å². The number of carbonyl (C=O) groups excluding carboxylic acids is 2. The molecular weight excluding hydrogens is 485 g/mol. The fourth-order valence-electron chi connectivity index (χ4n) is 3.87. The topological polar surface area (TPSA) is 123 Å². The highest BCUT2D eigenvalue weighted by Gasteiger charge is 2.29. The van der Waals surface area contributed by atoms with Gasteiger partial charge in [-0.05, 0) is 75.6 Å². The number of pyridine rings is 3. The molecule has 0 atom stereocenters. The minimum absolute atomic E-state index is 0.0138. The molecule has 2 N–H and O–H groups in total. The van der Waals surface area contributed by atoms with E-state index in [1.165, 1.54) is 32.2 Å². The summed E-state index contributed by atoms with van der Waals surface area (Å²) in [6.07, 6.45) is 8.05. The molecule has 0 aromatic carbocycles. The van der Waals surface area contributed by atoms with Crippen LogP contribution in [0, 0.1) is 12.8 Å². The van der Waals surface area contributed by atoms with Gasteiger partial charge in [0.25, 0.3) is 5.91 Å². The summed E-state index contributed by atoms with van der Waals surface area (Å²) >= 11 is 0. The summed E-state index contributed by atoms with van der Waals surface area (Å²) in [6.45, 7) is 4.62. The normalized spacial score (nSPS) is 13.2. The number of anilines is 2. The van der Waals surface area contributed by atoms with Crippen molar-refractivity contribution in [3.05, 3.63) is 78.1 Å². The van der Waals surface area contributed by atoms with Crippen LogP contribution in [0.25, 0.3) is 22.4 Å². The van der Waals surface area contributed by atoms with E-state index in [4.69, 9.17) is 0 Å². The summed E-state index contributed by atoms with van der Waals surface area (Å²) in [4.78, 5) is 37.7. The van der Waals surface area contributed by atoms with Crippen LogP contribution < -0.4 is 10.6 Å². The van der Waals surface area contributed by atoms with E-state index in [1.807, 2.05) is 19.1 Å². The molecule has 0 saturated heterocycles. The Kier molecular flexibility index (Phi) is 6.62. The number of hydrogen-bond acceptors (Lipinski definition) is 7. The summed E-state index contributed by atoms with van der Waals surface area (Å²) in [5.74, 6) is 0.136. The van der Waals surface area contributed by atoms with Gasteiger partial charge in [-0.15, -0.1) is 0 Å². The predicted octanol–water partition coefficient (Wildman–Crippen LogP) is 5.11. The maximum absolute atomic E-state index is 14.3. The summed E-state index contributed by atoms with van der Waals surface area (Å²) < 4.78 is 14.3. The Morgan fingerprint density at radius 2 is 1.74 bits per heavy atom. The molecule has 192 valence electrons. The van der Waals surface area contributed by atoms with Crippen molar-refractivity contribution in [3.8, 4) is 22.4 Å². The SMILES string of the molecule is Cc1ncc(NC(=O)c2ccnc(C(C)(C)F)c2)cc1-c1cc(-c2ccnc(NC(=O)C3CC3)c2)cnn1. The molecule has 5 rings (SSSR count). The quantitative estimate of drug-likeness (QED) is 0.353. The van der Waals surface area contributed by atoms with Crippen LogP contribution in [0.2, 0.25) is 0 Å². The van der Waals surface area contributed by atoms with Crippen molar-refractivity contribution in [3.63, 3.8) is 0 Å². The van der Waals surface area contributed by atoms with Crippen molar-refractivity contribution >= 4 is 23.3 Å². The third-order valence-electron chi connectivity index (χ3n) is 6.20. The Morgan fingerprint density at radius 3 is 2.50 bits per heavy atom. The molecule has 1 aliphatic rings. The van der Waals surface area contributed by atoms with Crippen LogP contribution in [0.3, 0.4) is 0 Å². The lowest BCUT2D eigenvalue weighted by atomic mass is 10.0. The van der Waals surface area contributed by atoms with E-state index in [2.05, 4.69) is 35.8 Å². The molecule has 4 aromatic rings. The van der Waals surface area contributed by atoms with Gasteiger partial charge in [-0.1, -0.05) is 0 Å². The molecule has 10 heteroatoms. The maximum Gasteiger partial charge on any atom is 0.255 e. The third-order valence-corrected chi connectivity index (χ3v) is 6.20. The Bertz CT molecular complexity index is 1530. The van der Waals surface area contributed by atoms with E-state index >= 15 is 0 Å². The van der Waals surface area contributed by atoms with Crippen LogP contribution in [0.1, 0.15) is 48.4 Å². The molecule has 0 radical (unpaired) electrons. The molecular formula is C28H26FN7O2. The smallest absolute Gasteiger partial charge is 0.255 e. The lowest BCUT2D eigenvalue weighted by molar-refractivity contribution is -0.117. The van der Waals surface area contributed by atoms with Crippen LogP contribution in [0.4, 0.5) is 15.9 Å². The Labute approximate surface area is 219 Å². The minimum Gasteiger partial charge on any atom is -0.321 e. The number of halogens is 1. The van der Waals surface area contributed by atoms with Crippen LogP contribution in [0.15, 0.2) is 61.2 Å². The monoisotopic (exact) mass is 511 g/mol. The fraction of sp³-hybridized carbons (Fsp3) is 0.250. The van der Waals surface area contributed by atoms with Gasteiger partial charge >= 0.3 is 0 Å². The highest BCUT2D eigenvalue weighted by atomic mass is 19.1. The van der Waals surface area contributed by atoms with Crippen molar-refractivity contribution in [2.24, 2.45) is 5.92 Å². The number of alkyl halides is 1. The third kappa shape index (κ3) is 5.69. The first-order chi connectivity index (χ1) is 18.2. The standard InChI is InChI=1S/C28H26FN7O2/c1-16-22(13-21(15-32-16)34-27(38)19-7-8-30-24(11-19)28(2,3)29)23-10-20(14-33-36-23)18-6-9-31-25(12-18)35-26(37)17-4-5-17/h6-15,17H,4-5H2,1-3H3,(H,34,38)(H,31,35,37). The van der Waals surface area contributed by atoms with Crippen LogP contribution in [-0.4, -0.2) is 37.0 Å². The van der Waals surface area contributed by atoms with Crippen molar-refractivity contribution in [1.29, 1.82) is 0 Å². The summed E-state index contributed by atoms with van der Waals surface area (Å²) in [6, 6.07) is 10.2. The molecule has 1 fully saturated rings. The molecule has 38 heavy (non-hydrogen) atoms. The second-order valence-corrected chi connectivity index (χ2v) is 9.74. The molecule has 4 aromatic heterocycles. The van der Waals surface area contributed by atoms with Crippen molar-refractivity contribution in [2.75, 3.05) is 10.6 Å². The van der Waals surface area contributed by atoms with E-state index < -0.39 is 11.6 Å². The first-order valence-corrected chi connectivity index (χ1v) is 12.2. The van der Waals surface area contributed by atoms with Gasteiger partial charge in [-0.25, -0.2) is 9.37 Å². The number of amides is 2. The molecule has 2 amide bonds. The molecule has 9 nitrogen and oxygen atoms in total. The summed E-state index contributed by atoms with van der Waals surface area (Å²) in [5, 5.41) is 14.1. The molecule has 0 spiro atoms. The summed E-state index contributed by atoms with van der Waals surface area (Å²) in [7, 11) is 0. The van der Waals surface area contributed by atoms with Gasteiger partial charge in [-0.2, -0.15) is 10.2 Å². The lowest BCUT2D eigenvalue weighted by Crippen LogP contribution is -2.16. The van der Waals surface area contributed by atoms with Gasteiger partial charge in [-0.3, -0.25) is 19.6 Å². The minimum atomic E-state index is -1.67. The van der Waals surface area contributed by atoms with E-state index in [-0.39, 0.29) is 23.1 Å². The van der Waals surface area contributed by atoms with Crippen molar-refractivity contribution in [2.45, 2.75) is 39.3 Å². The van der Waals surface area contributed by atoms with Gasteiger partial charge < -0.3 is 10.6 Å². The Morgan fingerprint density at radius 1 is 0.947 bits per heavy atom. The van der Waals surface area contributed by atoms with E-state index in [0.29, 0.717) is 28.5 Å².